The molecule has 3 nitrogen and oxygen atoms in total. The number of aromatic nitrogens is 1. The van der Waals surface area contributed by atoms with E-state index < -0.39 is 6.10 Å². The normalized spacial score (nSPS) is 13.1. The summed E-state index contributed by atoms with van der Waals surface area (Å²) in [5.41, 5.74) is 0.987. The molecule has 102 valence electrons. The topological polar surface area (TPSA) is 42.4 Å². The van der Waals surface area contributed by atoms with Gasteiger partial charge in [-0.05, 0) is 26.0 Å². The minimum atomic E-state index is -0.445. The fourth-order valence-electron chi connectivity index (χ4n) is 1.73. The lowest BCUT2D eigenvalue weighted by atomic mass is 10.2. The molecule has 0 radical (unpaired) electrons. The quantitative estimate of drug-likeness (QED) is 0.824. The van der Waals surface area contributed by atoms with E-state index in [1.807, 2.05) is 44.3 Å². The Morgan fingerprint density at radius 2 is 2.05 bits per heavy atom. The van der Waals surface area contributed by atoms with E-state index in [0.29, 0.717) is 12.4 Å². The maximum absolute atomic E-state index is 9.87. The highest BCUT2D eigenvalue weighted by atomic mass is 32.2. The van der Waals surface area contributed by atoms with Crippen LogP contribution in [0.4, 0.5) is 0 Å². The Labute approximate surface area is 118 Å². The smallest absolute Gasteiger partial charge is 0.0867 e. The first-order chi connectivity index (χ1) is 9.16. The molecule has 2 rings (SSSR count). The predicted molar refractivity (Wildman–Crippen MR) is 79.6 cm³/mol. The van der Waals surface area contributed by atoms with Crippen molar-refractivity contribution in [1.82, 2.24) is 4.98 Å². The summed E-state index contributed by atoms with van der Waals surface area (Å²) in [7, 11) is 0. The fourth-order valence-corrected chi connectivity index (χ4v) is 2.69. The largest absolute Gasteiger partial charge is 0.390 e. The number of rotatable bonds is 6. The van der Waals surface area contributed by atoms with Gasteiger partial charge in [-0.15, -0.1) is 11.8 Å². The van der Waals surface area contributed by atoms with Crippen LogP contribution >= 0.6 is 11.8 Å². The average Bonchev–Trinajstić information content (AvgIpc) is 2.42. The fraction of sp³-hybridized carbons (Fsp3) is 0.400. The summed E-state index contributed by atoms with van der Waals surface area (Å²) in [5.74, 6) is 0.626. The van der Waals surface area contributed by atoms with Crippen LogP contribution in [0, 0.1) is 0 Å². The third-order valence-electron chi connectivity index (χ3n) is 2.66. The van der Waals surface area contributed by atoms with E-state index in [1.54, 1.807) is 11.8 Å². The van der Waals surface area contributed by atoms with Crippen molar-refractivity contribution >= 4 is 22.7 Å². The summed E-state index contributed by atoms with van der Waals surface area (Å²) < 4.78 is 5.40. The van der Waals surface area contributed by atoms with Gasteiger partial charge in [0.2, 0.25) is 0 Å². The SMILES string of the molecule is CC(C)OCC(O)CSc1ccnc2ccccc12. The number of hydrogen-bond acceptors (Lipinski definition) is 4. The van der Waals surface area contributed by atoms with Crippen molar-refractivity contribution in [2.24, 2.45) is 0 Å². The molecule has 0 aliphatic heterocycles. The number of benzene rings is 1. The highest BCUT2D eigenvalue weighted by Gasteiger charge is 2.08. The van der Waals surface area contributed by atoms with Crippen LogP contribution in [0.5, 0.6) is 0 Å². The molecule has 0 fully saturated rings. The van der Waals surface area contributed by atoms with E-state index in [4.69, 9.17) is 4.74 Å². The van der Waals surface area contributed by atoms with Crippen molar-refractivity contribution in [3.63, 3.8) is 0 Å². The van der Waals surface area contributed by atoms with Gasteiger partial charge in [0.1, 0.15) is 0 Å². The number of pyridine rings is 1. The zero-order chi connectivity index (χ0) is 13.7. The number of nitrogens with zero attached hydrogens (tertiary/aromatic N) is 1. The monoisotopic (exact) mass is 277 g/mol. The maximum Gasteiger partial charge on any atom is 0.0867 e. The second-order valence-electron chi connectivity index (χ2n) is 4.67. The van der Waals surface area contributed by atoms with Crippen LogP contribution in [0.15, 0.2) is 41.4 Å². The molecule has 19 heavy (non-hydrogen) atoms. The van der Waals surface area contributed by atoms with E-state index >= 15 is 0 Å². The second-order valence-corrected chi connectivity index (χ2v) is 5.73. The predicted octanol–water partition coefficient (Wildman–Crippen LogP) is 3.11. The minimum Gasteiger partial charge on any atom is -0.390 e. The van der Waals surface area contributed by atoms with Crippen molar-refractivity contribution in [2.75, 3.05) is 12.4 Å². The van der Waals surface area contributed by atoms with E-state index in [9.17, 15) is 5.11 Å². The summed E-state index contributed by atoms with van der Waals surface area (Å²) in [5, 5.41) is 11.0. The number of aliphatic hydroxyl groups is 1. The Balaban J connectivity index is 1.98. The van der Waals surface area contributed by atoms with Gasteiger partial charge in [0.05, 0.1) is 24.3 Å². The number of ether oxygens (including phenoxy) is 1. The van der Waals surface area contributed by atoms with E-state index in [-0.39, 0.29) is 6.10 Å². The zero-order valence-electron chi connectivity index (χ0n) is 11.2. The highest BCUT2D eigenvalue weighted by molar-refractivity contribution is 7.99. The Morgan fingerprint density at radius 3 is 2.84 bits per heavy atom. The molecule has 0 amide bonds. The van der Waals surface area contributed by atoms with Crippen molar-refractivity contribution in [3.8, 4) is 0 Å². The molecule has 0 spiro atoms. The van der Waals surface area contributed by atoms with Crippen LogP contribution in [0.25, 0.3) is 10.9 Å². The zero-order valence-corrected chi connectivity index (χ0v) is 12.1. The number of fused-ring (bicyclic) bond motifs is 1. The molecule has 4 heteroatoms. The molecule has 1 N–H and O–H groups in total. The van der Waals surface area contributed by atoms with Crippen molar-refractivity contribution in [3.05, 3.63) is 36.5 Å². The van der Waals surface area contributed by atoms with E-state index in [1.165, 1.54) is 0 Å². The highest BCUT2D eigenvalue weighted by Crippen LogP contribution is 2.26. The first-order valence-corrected chi connectivity index (χ1v) is 7.41. The van der Waals surface area contributed by atoms with Crippen LogP contribution < -0.4 is 0 Å². The van der Waals surface area contributed by atoms with Crippen molar-refractivity contribution in [2.45, 2.75) is 31.0 Å². The minimum absolute atomic E-state index is 0.154. The standard InChI is InChI=1S/C15H19NO2S/c1-11(2)18-9-12(17)10-19-15-7-8-16-14-6-4-3-5-13(14)15/h3-8,11-12,17H,9-10H2,1-2H3. The van der Waals surface area contributed by atoms with Gasteiger partial charge in [0, 0.05) is 22.2 Å². The summed E-state index contributed by atoms with van der Waals surface area (Å²) in [4.78, 5) is 5.48. The Kier molecular flexibility index (Phi) is 5.19. The second kappa shape index (κ2) is 6.89. The molecule has 0 aliphatic carbocycles. The maximum atomic E-state index is 9.87. The number of aliphatic hydroxyl groups excluding tert-OH is 1. The first-order valence-electron chi connectivity index (χ1n) is 6.43. The van der Waals surface area contributed by atoms with Crippen LogP contribution in [0.1, 0.15) is 13.8 Å². The van der Waals surface area contributed by atoms with Crippen molar-refractivity contribution < 1.29 is 9.84 Å². The third-order valence-corrected chi connectivity index (χ3v) is 3.88. The molecule has 2 aromatic rings. The Morgan fingerprint density at radius 1 is 1.26 bits per heavy atom. The van der Waals surface area contributed by atoms with Gasteiger partial charge >= 0.3 is 0 Å². The average molecular weight is 277 g/mol. The molecule has 1 heterocycles. The third kappa shape index (κ3) is 4.20. The van der Waals surface area contributed by atoms with E-state index in [2.05, 4.69) is 11.1 Å². The summed E-state index contributed by atoms with van der Waals surface area (Å²) in [6.07, 6.45) is 1.52. The van der Waals surface area contributed by atoms with Crippen LogP contribution in [-0.2, 0) is 4.74 Å². The molecule has 1 unspecified atom stereocenters. The Hall–Kier alpha value is -1.10. The molecule has 1 aromatic heterocycles. The van der Waals surface area contributed by atoms with Gasteiger partial charge in [0.25, 0.3) is 0 Å². The molecular weight excluding hydrogens is 258 g/mol. The lowest BCUT2D eigenvalue weighted by Gasteiger charge is -2.13. The molecular formula is C15H19NO2S. The summed E-state index contributed by atoms with van der Waals surface area (Å²) >= 11 is 1.64. The van der Waals surface area contributed by atoms with Crippen LogP contribution in [0.3, 0.4) is 0 Å². The van der Waals surface area contributed by atoms with Gasteiger partial charge in [-0.1, -0.05) is 18.2 Å². The molecule has 0 bridgehead atoms. The Bertz CT molecular complexity index is 525. The molecule has 0 saturated heterocycles. The van der Waals surface area contributed by atoms with Gasteiger partial charge in [-0.3, -0.25) is 4.98 Å². The van der Waals surface area contributed by atoms with E-state index in [0.717, 1.165) is 15.8 Å². The van der Waals surface area contributed by atoms with Crippen molar-refractivity contribution in [1.29, 1.82) is 0 Å². The molecule has 1 aromatic carbocycles. The van der Waals surface area contributed by atoms with Gasteiger partial charge in [0.15, 0.2) is 0 Å². The van der Waals surface area contributed by atoms with Gasteiger partial charge in [-0.2, -0.15) is 0 Å². The molecule has 1 atom stereocenters. The molecule has 0 saturated carbocycles. The number of thioether (sulfide) groups is 1. The van der Waals surface area contributed by atoms with Gasteiger partial charge in [-0.25, -0.2) is 0 Å². The lowest BCUT2D eigenvalue weighted by Crippen LogP contribution is -2.20. The first kappa shape index (κ1) is 14.3. The van der Waals surface area contributed by atoms with Crippen LogP contribution in [0.2, 0.25) is 0 Å². The number of hydrogen-bond donors (Lipinski definition) is 1. The number of para-hydroxylation sites is 1. The van der Waals surface area contributed by atoms with Gasteiger partial charge < -0.3 is 9.84 Å². The molecule has 0 aliphatic rings. The lowest BCUT2D eigenvalue weighted by molar-refractivity contribution is 0.0152. The summed E-state index contributed by atoms with van der Waals surface area (Å²) in [6.45, 7) is 4.32. The summed E-state index contributed by atoms with van der Waals surface area (Å²) in [6, 6.07) is 10.0. The van der Waals surface area contributed by atoms with Crippen LogP contribution in [-0.4, -0.2) is 34.7 Å².